The monoisotopic (exact) mass is 286 g/mol. The Labute approximate surface area is 120 Å². The predicted octanol–water partition coefficient (Wildman–Crippen LogP) is 0.550. The van der Waals surface area contributed by atoms with Crippen molar-refractivity contribution in [3.05, 3.63) is 41.1 Å². The molecule has 0 saturated carbocycles. The number of hydrogen-bond acceptors (Lipinski definition) is 5. The number of hydrogen-bond donors (Lipinski definition) is 3. The van der Waals surface area contributed by atoms with E-state index in [1.165, 1.54) is 0 Å². The van der Waals surface area contributed by atoms with Gasteiger partial charge in [-0.25, -0.2) is 0 Å². The second kappa shape index (κ2) is 4.93. The molecule has 108 valence electrons. The predicted molar refractivity (Wildman–Crippen MR) is 74.8 cm³/mol. The van der Waals surface area contributed by atoms with Crippen molar-refractivity contribution in [3.8, 4) is 5.75 Å². The van der Waals surface area contributed by atoms with Crippen molar-refractivity contribution in [1.82, 2.24) is 15.1 Å². The van der Waals surface area contributed by atoms with Crippen LogP contribution in [0.1, 0.15) is 21.6 Å². The number of anilines is 1. The third-order valence-corrected chi connectivity index (χ3v) is 3.30. The minimum atomic E-state index is -0.437. The van der Waals surface area contributed by atoms with Gasteiger partial charge in [-0.3, -0.25) is 19.6 Å². The zero-order valence-electron chi connectivity index (χ0n) is 11.4. The maximum atomic E-state index is 11.9. The van der Waals surface area contributed by atoms with Crippen molar-refractivity contribution < 1.29 is 14.7 Å². The summed E-state index contributed by atoms with van der Waals surface area (Å²) in [5, 5.41) is 19.1. The molecule has 21 heavy (non-hydrogen) atoms. The lowest BCUT2D eigenvalue weighted by Crippen LogP contribution is -2.37. The molecule has 3 N–H and O–H groups in total. The Bertz CT molecular complexity index is 736. The van der Waals surface area contributed by atoms with Crippen LogP contribution in [0.3, 0.4) is 0 Å². The third-order valence-electron chi connectivity index (χ3n) is 3.30. The van der Waals surface area contributed by atoms with E-state index in [0.717, 1.165) is 5.56 Å². The van der Waals surface area contributed by atoms with Crippen molar-refractivity contribution in [2.24, 2.45) is 7.05 Å². The molecule has 2 amide bonds. The topological polar surface area (TPSA) is 96.2 Å². The number of imide groups is 1. The third kappa shape index (κ3) is 2.45. The van der Waals surface area contributed by atoms with Crippen LogP contribution >= 0.6 is 0 Å². The number of aryl methyl sites for hydroxylation is 1. The fourth-order valence-corrected chi connectivity index (χ4v) is 2.38. The Kier molecular flexibility index (Phi) is 3.09. The highest BCUT2D eigenvalue weighted by Crippen LogP contribution is 2.23. The lowest BCUT2D eigenvalue weighted by molar-refractivity contribution is -0.119. The van der Waals surface area contributed by atoms with Crippen LogP contribution in [0.25, 0.3) is 0 Å². The van der Waals surface area contributed by atoms with Gasteiger partial charge in [0, 0.05) is 13.6 Å². The minimum absolute atomic E-state index is 0.0999. The van der Waals surface area contributed by atoms with Gasteiger partial charge >= 0.3 is 0 Å². The average molecular weight is 286 g/mol. The van der Waals surface area contributed by atoms with Gasteiger partial charge in [0.15, 0.2) is 0 Å². The number of rotatable bonds is 3. The van der Waals surface area contributed by atoms with Crippen LogP contribution in [0.4, 0.5) is 5.82 Å². The van der Waals surface area contributed by atoms with Crippen molar-refractivity contribution in [2.45, 2.75) is 13.0 Å². The Morgan fingerprint density at radius 2 is 2.24 bits per heavy atom. The maximum absolute atomic E-state index is 11.9. The second-order valence-corrected chi connectivity index (χ2v) is 4.87. The van der Waals surface area contributed by atoms with Gasteiger partial charge in [-0.05, 0) is 17.7 Å². The molecule has 0 unspecified atom stereocenters. The van der Waals surface area contributed by atoms with E-state index in [4.69, 9.17) is 0 Å². The van der Waals surface area contributed by atoms with E-state index in [2.05, 4.69) is 15.7 Å². The zero-order valence-corrected chi connectivity index (χ0v) is 11.4. The summed E-state index contributed by atoms with van der Waals surface area (Å²) in [6.07, 6.45) is 0.0999. The summed E-state index contributed by atoms with van der Waals surface area (Å²) in [7, 11) is 1.71. The standard InChI is InChI=1S/C14H14N4O3/c1-18-13(15-7-8-3-2-4-9(19)5-8)12-10(17-18)6-11(20)16-14(12)21/h2-5,15,19H,6-7H2,1H3,(H,16,20,21). The van der Waals surface area contributed by atoms with Gasteiger partial charge in [0.25, 0.3) is 5.91 Å². The SMILES string of the molecule is Cn1nc2c(c1NCc1cccc(O)c1)C(=O)NC(=O)C2. The van der Waals surface area contributed by atoms with Crippen molar-refractivity contribution in [3.63, 3.8) is 0 Å². The molecule has 1 aromatic carbocycles. The summed E-state index contributed by atoms with van der Waals surface area (Å²) >= 11 is 0. The van der Waals surface area contributed by atoms with Gasteiger partial charge in [0.05, 0.1) is 12.1 Å². The van der Waals surface area contributed by atoms with Gasteiger partial charge < -0.3 is 10.4 Å². The lowest BCUT2D eigenvalue weighted by Gasteiger charge is -2.13. The van der Waals surface area contributed by atoms with Crippen molar-refractivity contribution in [2.75, 3.05) is 5.32 Å². The van der Waals surface area contributed by atoms with Gasteiger partial charge in [-0.2, -0.15) is 5.10 Å². The first-order valence-electron chi connectivity index (χ1n) is 6.46. The van der Waals surface area contributed by atoms with E-state index in [9.17, 15) is 14.7 Å². The van der Waals surface area contributed by atoms with E-state index in [1.54, 1.807) is 29.9 Å². The molecular formula is C14H14N4O3. The second-order valence-electron chi connectivity index (χ2n) is 4.87. The molecule has 1 aliphatic rings. The molecule has 7 nitrogen and oxygen atoms in total. The van der Waals surface area contributed by atoms with Crippen molar-refractivity contribution >= 4 is 17.6 Å². The number of phenols is 1. The first-order valence-corrected chi connectivity index (χ1v) is 6.46. The van der Waals surface area contributed by atoms with E-state index < -0.39 is 5.91 Å². The van der Waals surface area contributed by atoms with Crippen LogP contribution in [-0.4, -0.2) is 26.7 Å². The molecular weight excluding hydrogens is 272 g/mol. The van der Waals surface area contributed by atoms with Crippen LogP contribution in [-0.2, 0) is 24.8 Å². The number of amides is 2. The Morgan fingerprint density at radius 3 is 3.00 bits per heavy atom. The van der Waals surface area contributed by atoms with Crippen LogP contribution in [0.2, 0.25) is 0 Å². The van der Waals surface area contributed by atoms with Crippen LogP contribution in [0.5, 0.6) is 5.75 Å². The molecule has 2 aromatic rings. The smallest absolute Gasteiger partial charge is 0.263 e. The van der Waals surface area contributed by atoms with Crippen LogP contribution in [0, 0.1) is 0 Å². The molecule has 0 fully saturated rings. The summed E-state index contributed by atoms with van der Waals surface area (Å²) in [5.41, 5.74) is 1.75. The number of carbonyl (C=O) groups is 2. The number of nitrogens with zero attached hydrogens (tertiary/aromatic N) is 2. The Hall–Kier alpha value is -2.83. The Balaban J connectivity index is 1.86. The number of aromatic hydroxyl groups is 1. The maximum Gasteiger partial charge on any atom is 0.263 e. The average Bonchev–Trinajstić information content (AvgIpc) is 2.72. The number of fused-ring (bicyclic) bond motifs is 1. The number of benzene rings is 1. The summed E-state index contributed by atoms with van der Waals surface area (Å²) < 4.78 is 1.55. The van der Waals surface area contributed by atoms with Crippen molar-refractivity contribution in [1.29, 1.82) is 0 Å². The highest BCUT2D eigenvalue weighted by Gasteiger charge is 2.29. The highest BCUT2D eigenvalue weighted by molar-refractivity contribution is 6.12. The van der Waals surface area contributed by atoms with E-state index >= 15 is 0 Å². The normalized spacial score (nSPS) is 13.8. The quantitative estimate of drug-likeness (QED) is 0.716. The molecule has 3 rings (SSSR count). The van der Waals surface area contributed by atoms with E-state index in [0.29, 0.717) is 23.6 Å². The Morgan fingerprint density at radius 1 is 1.43 bits per heavy atom. The molecule has 0 aliphatic carbocycles. The molecule has 1 aliphatic heterocycles. The molecule has 0 atom stereocenters. The summed E-state index contributed by atoms with van der Waals surface area (Å²) in [6, 6.07) is 6.84. The fraction of sp³-hybridized carbons (Fsp3) is 0.214. The molecule has 2 heterocycles. The van der Waals surface area contributed by atoms with E-state index in [1.807, 2.05) is 6.07 Å². The summed E-state index contributed by atoms with van der Waals surface area (Å²) in [4.78, 5) is 23.3. The zero-order chi connectivity index (χ0) is 15.0. The van der Waals surface area contributed by atoms with Gasteiger partial charge in [-0.15, -0.1) is 0 Å². The number of phenolic OH excluding ortho intramolecular Hbond substituents is 1. The first-order chi connectivity index (χ1) is 10.0. The molecule has 1 aromatic heterocycles. The molecule has 0 radical (unpaired) electrons. The number of aromatic nitrogens is 2. The van der Waals surface area contributed by atoms with E-state index in [-0.39, 0.29) is 18.1 Å². The molecule has 0 spiro atoms. The summed E-state index contributed by atoms with van der Waals surface area (Å²) in [6.45, 7) is 0.432. The number of nitrogens with one attached hydrogen (secondary N) is 2. The lowest BCUT2D eigenvalue weighted by atomic mass is 10.1. The number of carbonyl (C=O) groups excluding carboxylic acids is 2. The first kappa shape index (κ1) is 13.2. The largest absolute Gasteiger partial charge is 0.508 e. The van der Waals surface area contributed by atoms with Gasteiger partial charge in [-0.1, -0.05) is 12.1 Å². The van der Waals surface area contributed by atoms with Crippen LogP contribution in [0.15, 0.2) is 24.3 Å². The molecule has 7 heteroatoms. The van der Waals surface area contributed by atoms with Gasteiger partial charge in [0.1, 0.15) is 17.1 Å². The fourth-order valence-electron chi connectivity index (χ4n) is 2.38. The summed E-state index contributed by atoms with van der Waals surface area (Å²) in [5.74, 6) is -0.0408. The highest BCUT2D eigenvalue weighted by atomic mass is 16.3. The van der Waals surface area contributed by atoms with Crippen LogP contribution < -0.4 is 10.6 Å². The molecule has 0 bridgehead atoms. The minimum Gasteiger partial charge on any atom is -0.508 e. The van der Waals surface area contributed by atoms with Gasteiger partial charge in [0.2, 0.25) is 5.91 Å². The molecule has 0 saturated heterocycles.